The molecule has 0 saturated heterocycles. The Labute approximate surface area is 122 Å². The van der Waals surface area contributed by atoms with Crippen LogP contribution >= 0.6 is 0 Å². The number of ether oxygens (including phenoxy) is 1. The number of hydrogen-bond donors (Lipinski definition) is 1. The van der Waals surface area contributed by atoms with Gasteiger partial charge in [0.2, 0.25) is 0 Å². The van der Waals surface area contributed by atoms with Crippen molar-refractivity contribution in [2.45, 2.75) is 59.0 Å². The van der Waals surface area contributed by atoms with E-state index in [0.29, 0.717) is 22.9 Å². The molecule has 1 atom stereocenters. The summed E-state index contributed by atoms with van der Waals surface area (Å²) in [6.45, 7) is 9.51. The molecule has 3 rings (SSSR count). The van der Waals surface area contributed by atoms with Crippen LogP contribution in [0.1, 0.15) is 57.7 Å². The molecule has 1 aromatic carbocycles. The molecule has 1 aromatic rings. The standard InChI is InChI=1S/C18H27NO/c1-17(2)16(18(17,3)4)19-15-8-6-7-12-11-13(20-5)9-10-14(12)15/h9-11,15-16,19H,6-8H2,1-5H3. The van der Waals surface area contributed by atoms with E-state index in [1.807, 2.05) is 0 Å². The average Bonchev–Trinajstić information content (AvgIpc) is 2.80. The first-order chi connectivity index (χ1) is 9.38. The molecule has 2 nitrogen and oxygen atoms in total. The third-order valence-corrected chi connectivity index (χ3v) is 6.05. The van der Waals surface area contributed by atoms with E-state index in [-0.39, 0.29) is 0 Å². The fourth-order valence-electron chi connectivity index (χ4n) is 3.91. The smallest absolute Gasteiger partial charge is 0.119 e. The van der Waals surface area contributed by atoms with Crippen molar-refractivity contribution in [1.82, 2.24) is 5.32 Å². The molecule has 0 heterocycles. The van der Waals surface area contributed by atoms with Crippen LogP contribution in [0.3, 0.4) is 0 Å². The highest BCUT2D eigenvalue weighted by Crippen LogP contribution is 2.63. The lowest BCUT2D eigenvalue weighted by Gasteiger charge is -2.28. The molecule has 110 valence electrons. The van der Waals surface area contributed by atoms with E-state index < -0.39 is 0 Å². The fraction of sp³-hybridized carbons (Fsp3) is 0.667. The van der Waals surface area contributed by atoms with Crippen LogP contribution in [0.5, 0.6) is 5.75 Å². The normalized spacial score (nSPS) is 26.9. The first kappa shape index (κ1) is 13.9. The molecule has 0 aliphatic heterocycles. The summed E-state index contributed by atoms with van der Waals surface area (Å²) in [6, 6.07) is 7.70. The van der Waals surface area contributed by atoms with E-state index in [0.717, 1.165) is 5.75 Å². The van der Waals surface area contributed by atoms with Crippen molar-refractivity contribution in [2.75, 3.05) is 7.11 Å². The van der Waals surface area contributed by atoms with Crippen molar-refractivity contribution in [2.24, 2.45) is 10.8 Å². The second kappa shape index (κ2) is 4.49. The predicted molar refractivity (Wildman–Crippen MR) is 83.2 cm³/mol. The molecule has 0 amide bonds. The van der Waals surface area contributed by atoms with Gasteiger partial charge >= 0.3 is 0 Å². The summed E-state index contributed by atoms with van der Waals surface area (Å²) < 4.78 is 5.35. The van der Waals surface area contributed by atoms with Crippen LogP contribution in [-0.2, 0) is 6.42 Å². The maximum atomic E-state index is 5.35. The van der Waals surface area contributed by atoms with Gasteiger partial charge in [-0.15, -0.1) is 0 Å². The first-order valence-electron chi connectivity index (χ1n) is 7.81. The quantitative estimate of drug-likeness (QED) is 0.895. The highest BCUT2D eigenvalue weighted by atomic mass is 16.5. The molecule has 2 aliphatic rings. The number of rotatable bonds is 3. The summed E-state index contributed by atoms with van der Waals surface area (Å²) in [5.41, 5.74) is 3.74. The molecule has 1 saturated carbocycles. The molecule has 0 spiro atoms. The number of methoxy groups -OCH3 is 1. The van der Waals surface area contributed by atoms with Gasteiger partial charge < -0.3 is 10.1 Å². The lowest BCUT2D eigenvalue weighted by Crippen LogP contribution is -2.30. The van der Waals surface area contributed by atoms with Crippen molar-refractivity contribution in [3.05, 3.63) is 29.3 Å². The Morgan fingerprint density at radius 3 is 2.45 bits per heavy atom. The predicted octanol–water partition coefficient (Wildman–Crippen LogP) is 4.10. The third-order valence-electron chi connectivity index (χ3n) is 6.05. The third kappa shape index (κ3) is 1.96. The van der Waals surface area contributed by atoms with Crippen molar-refractivity contribution in [3.63, 3.8) is 0 Å². The van der Waals surface area contributed by atoms with Gasteiger partial charge in [0.15, 0.2) is 0 Å². The van der Waals surface area contributed by atoms with Gasteiger partial charge in [-0.1, -0.05) is 33.8 Å². The molecule has 20 heavy (non-hydrogen) atoms. The Bertz CT molecular complexity index is 504. The van der Waals surface area contributed by atoms with E-state index in [1.54, 1.807) is 7.11 Å². The van der Waals surface area contributed by atoms with Crippen molar-refractivity contribution in [3.8, 4) is 5.75 Å². The van der Waals surface area contributed by atoms with E-state index >= 15 is 0 Å². The number of benzene rings is 1. The average molecular weight is 273 g/mol. The number of aryl methyl sites for hydroxylation is 1. The van der Waals surface area contributed by atoms with Gasteiger partial charge in [-0.3, -0.25) is 0 Å². The lowest BCUT2D eigenvalue weighted by atomic mass is 9.87. The Morgan fingerprint density at radius 2 is 1.85 bits per heavy atom. The molecule has 1 fully saturated rings. The minimum absolute atomic E-state index is 0.400. The second-order valence-corrected chi connectivity index (χ2v) is 7.55. The summed E-state index contributed by atoms with van der Waals surface area (Å²) in [6.07, 6.45) is 3.70. The number of nitrogens with one attached hydrogen (secondary N) is 1. The molecule has 0 bridgehead atoms. The van der Waals surface area contributed by atoms with Gasteiger partial charge in [-0.25, -0.2) is 0 Å². The zero-order valence-electron chi connectivity index (χ0n) is 13.4. The molecule has 0 aromatic heterocycles. The monoisotopic (exact) mass is 273 g/mol. The summed E-state index contributed by atoms with van der Waals surface area (Å²) >= 11 is 0. The summed E-state index contributed by atoms with van der Waals surface area (Å²) in [5.74, 6) is 0.983. The Morgan fingerprint density at radius 1 is 1.15 bits per heavy atom. The van der Waals surface area contributed by atoms with Crippen LogP contribution in [-0.4, -0.2) is 13.2 Å². The molecule has 2 aliphatic carbocycles. The highest BCUT2D eigenvalue weighted by Gasteiger charge is 2.65. The van der Waals surface area contributed by atoms with Crippen LogP contribution in [0, 0.1) is 10.8 Å². The molecule has 1 N–H and O–H groups in total. The molecule has 1 unspecified atom stereocenters. The SMILES string of the molecule is COc1ccc2c(c1)CCCC2NC1C(C)(C)C1(C)C. The Balaban J connectivity index is 1.81. The molecular formula is C18H27NO. The molecule has 0 radical (unpaired) electrons. The summed E-state index contributed by atoms with van der Waals surface area (Å²) in [7, 11) is 1.75. The number of hydrogen-bond acceptors (Lipinski definition) is 2. The zero-order chi connectivity index (χ0) is 14.5. The van der Waals surface area contributed by atoms with Gasteiger partial charge in [-0.05, 0) is 53.4 Å². The van der Waals surface area contributed by atoms with Crippen LogP contribution in [0.25, 0.3) is 0 Å². The Kier molecular flexibility index (Phi) is 3.13. The van der Waals surface area contributed by atoms with Gasteiger partial charge in [0.05, 0.1) is 7.11 Å². The van der Waals surface area contributed by atoms with Crippen LogP contribution in [0.2, 0.25) is 0 Å². The second-order valence-electron chi connectivity index (χ2n) is 7.55. The lowest BCUT2D eigenvalue weighted by molar-refractivity contribution is 0.405. The van der Waals surface area contributed by atoms with E-state index in [9.17, 15) is 0 Å². The van der Waals surface area contributed by atoms with E-state index in [1.165, 1.54) is 30.4 Å². The van der Waals surface area contributed by atoms with Crippen molar-refractivity contribution >= 4 is 0 Å². The van der Waals surface area contributed by atoms with Gasteiger partial charge in [-0.2, -0.15) is 0 Å². The topological polar surface area (TPSA) is 21.3 Å². The van der Waals surface area contributed by atoms with E-state index in [2.05, 4.69) is 51.2 Å². The van der Waals surface area contributed by atoms with Crippen molar-refractivity contribution in [1.29, 1.82) is 0 Å². The Hall–Kier alpha value is -1.02. The van der Waals surface area contributed by atoms with E-state index in [4.69, 9.17) is 4.74 Å². The van der Waals surface area contributed by atoms with Gasteiger partial charge in [0.25, 0.3) is 0 Å². The van der Waals surface area contributed by atoms with Gasteiger partial charge in [0.1, 0.15) is 5.75 Å². The molecule has 2 heteroatoms. The first-order valence-corrected chi connectivity index (χ1v) is 7.81. The maximum Gasteiger partial charge on any atom is 0.119 e. The maximum absolute atomic E-state index is 5.35. The largest absolute Gasteiger partial charge is 0.497 e. The zero-order valence-corrected chi connectivity index (χ0v) is 13.4. The van der Waals surface area contributed by atoms with Gasteiger partial charge in [0, 0.05) is 12.1 Å². The fourth-order valence-corrected chi connectivity index (χ4v) is 3.91. The van der Waals surface area contributed by atoms with Crippen LogP contribution in [0.4, 0.5) is 0 Å². The minimum atomic E-state index is 0.400. The summed E-state index contributed by atoms with van der Waals surface area (Å²) in [4.78, 5) is 0. The van der Waals surface area contributed by atoms with Crippen LogP contribution in [0.15, 0.2) is 18.2 Å². The highest BCUT2D eigenvalue weighted by molar-refractivity contribution is 5.39. The van der Waals surface area contributed by atoms with Crippen molar-refractivity contribution < 1.29 is 4.74 Å². The molecular weight excluding hydrogens is 246 g/mol. The summed E-state index contributed by atoms with van der Waals surface area (Å²) in [5, 5.41) is 3.93. The number of fused-ring (bicyclic) bond motifs is 1. The van der Waals surface area contributed by atoms with Crippen LogP contribution < -0.4 is 10.1 Å². The minimum Gasteiger partial charge on any atom is -0.497 e.